The lowest BCUT2D eigenvalue weighted by atomic mass is 10.1. The fraction of sp³-hybridized carbons (Fsp3) is 0.333. The van der Waals surface area contributed by atoms with E-state index in [4.69, 9.17) is 18.9 Å². The Morgan fingerprint density at radius 3 is 1.78 bits per heavy atom. The molecule has 4 aliphatic rings. The van der Waals surface area contributed by atoms with Gasteiger partial charge in [0.05, 0.1) is 49.9 Å². The van der Waals surface area contributed by atoms with Crippen LogP contribution in [0.3, 0.4) is 0 Å². The number of likely N-dealkylation sites (N-methyl/N-ethyl adjacent to an activating group) is 2. The monoisotopic (exact) mass is 684 g/mol. The largest absolute Gasteiger partial charge is 0.493 e. The van der Waals surface area contributed by atoms with Crippen molar-refractivity contribution in [1.82, 2.24) is 9.80 Å². The Labute approximate surface area is 287 Å². The molecule has 0 saturated carbocycles. The summed E-state index contributed by atoms with van der Waals surface area (Å²) in [6, 6.07) is 9.29. The van der Waals surface area contributed by atoms with Gasteiger partial charge < -0.3 is 38.5 Å². The number of ether oxygens (including phenoxy) is 4. The Bertz CT molecular complexity index is 1940. The number of fused-ring (bicyclic) bond motifs is 4. The van der Waals surface area contributed by atoms with Crippen LogP contribution >= 0.6 is 11.3 Å². The summed E-state index contributed by atoms with van der Waals surface area (Å²) in [6.07, 6.45) is 4.91. The van der Waals surface area contributed by atoms with Gasteiger partial charge >= 0.3 is 0 Å². The number of anilines is 2. The Hall–Kier alpha value is -5.30. The molecule has 2 aromatic carbocycles. The zero-order valence-electron chi connectivity index (χ0n) is 27.8. The molecular formula is C36H36N4O8S. The second-order valence-electron chi connectivity index (χ2n) is 12.4. The Morgan fingerprint density at radius 2 is 1.27 bits per heavy atom. The summed E-state index contributed by atoms with van der Waals surface area (Å²) >= 11 is 1.58. The van der Waals surface area contributed by atoms with Crippen molar-refractivity contribution in [2.24, 2.45) is 0 Å². The predicted molar refractivity (Wildman–Crippen MR) is 184 cm³/mol. The summed E-state index contributed by atoms with van der Waals surface area (Å²) in [4.78, 5) is 61.1. The molecule has 0 N–H and O–H groups in total. The van der Waals surface area contributed by atoms with Crippen LogP contribution in [0.2, 0.25) is 0 Å². The first-order chi connectivity index (χ1) is 23.6. The Morgan fingerprint density at radius 1 is 0.735 bits per heavy atom. The minimum Gasteiger partial charge on any atom is -0.493 e. The molecule has 0 fully saturated rings. The summed E-state index contributed by atoms with van der Waals surface area (Å²) < 4.78 is 23.3. The van der Waals surface area contributed by atoms with Crippen LogP contribution in [0.1, 0.15) is 51.8 Å². The second-order valence-corrected chi connectivity index (χ2v) is 13.3. The zero-order chi connectivity index (χ0) is 34.6. The number of carbonyl (C=O) groups excluding carboxylic acids is 4. The number of carbonyl (C=O) groups is 4. The summed E-state index contributed by atoms with van der Waals surface area (Å²) in [7, 11) is 6.32. The highest BCUT2D eigenvalue weighted by atomic mass is 32.1. The molecule has 0 aliphatic carbocycles. The van der Waals surface area contributed by atoms with Gasteiger partial charge in [-0.1, -0.05) is 11.6 Å². The van der Waals surface area contributed by atoms with Crippen molar-refractivity contribution in [1.29, 1.82) is 0 Å². The highest BCUT2D eigenvalue weighted by molar-refractivity contribution is 7.11. The number of rotatable bonds is 9. The third kappa shape index (κ3) is 5.47. The number of hydrogen-bond donors (Lipinski definition) is 0. The van der Waals surface area contributed by atoms with Crippen molar-refractivity contribution in [2.75, 3.05) is 51.3 Å². The summed E-state index contributed by atoms with van der Waals surface area (Å²) in [5.41, 5.74) is 3.52. The van der Waals surface area contributed by atoms with E-state index in [-0.39, 0.29) is 36.8 Å². The fourth-order valence-corrected chi connectivity index (χ4v) is 7.51. The number of methoxy groups -OCH3 is 2. The van der Waals surface area contributed by atoms with Gasteiger partial charge in [0.2, 0.25) is 11.8 Å². The van der Waals surface area contributed by atoms with Gasteiger partial charge in [0, 0.05) is 56.3 Å². The number of nitrogens with zero attached hydrogens (tertiary/aromatic N) is 4. The first-order valence-electron chi connectivity index (χ1n) is 15.9. The van der Waals surface area contributed by atoms with Gasteiger partial charge in [-0.2, -0.15) is 0 Å². The highest BCUT2D eigenvalue weighted by Gasteiger charge is 2.43. The molecule has 7 rings (SSSR count). The van der Waals surface area contributed by atoms with E-state index in [9.17, 15) is 19.2 Å². The van der Waals surface area contributed by atoms with Crippen molar-refractivity contribution in [3.63, 3.8) is 0 Å². The SMILES string of the molecule is COc1cc2c(cc1OCCCOc1cc3c(cc1OC)C(=O)N1C=C(c4cccs4)CC1C(=O)N3C)N(C)C(=O)C1CC(C)=CN1C2=O. The van der Waals surface area contributed by atoms with Crippen LogP contribution in [0.15, 0.2) is 59.8 Å². The van der Waals surface area contributed by atoms with E-state index in [2.05, 4.69) is 0 Å². The predicted octanol–water partition coefficient (Wildman–Crippen LogP) is 4.94. The third-order valence-corrected chi connectivity index (χ3v) is 10.3. The molecule has 2 unspecified atom stereocenters. The standard InChI is InChI=1S/C36H36N4O8S/c1-20-12-26-35(43)37(2)24-16-30(28(45-4)14-22(24)33(41)39(26)18-20)47-9-7-10-48-31-17-25-23(15-29(31)46-5)34(42)40-19-21(32-8-6-11-49-32)13-27(40)36(44)38(25)3/h6,8,11,14-19,26-27H,7,9-10,12-13H2,1-5H3. The molecule has 12 nitrogen and oxygen atoms in total. The van der Waals surface area contributed by atoms with Crippen molar-refractivity contribution < 1.29 is 38.1 Å². The molecule has 0 spiro atoms. The first-order valence-corrected chi connectivity index (χ1v) is 16.8. The summed E-state index contributed by atoms with van der Waals surface area (Å²) in [6.45, 7) is 2.37. The van der Waals surface area contributed by atoms with E-state index in [0.29, 0.717) is 64.8 Å². The molecule has 254 valence electrons. The van der Waals surface area contributed by atoms with E-state index < -0.39 is 12.1 Å². The molecule has 4 aliphatic heterocycles. The van der Waals surface area contributed by atoms with Gasteiger partial charge in [0.1, 0.15) is 12.1 Å². The lowest BCUT2D eigenvalue weighted by Gasteiger charge is -2.22. The van der Waals surface area contributed by atoms with Crippen molar-refractivity contribution >= 4 is 51.9 Å². The Balaban J connectivity index is 1.05. The van der Waals surface area contributed by atoms with Crippen molar-refractivity contribution in [3.8, 4) is 23.0 Å². The lowest BCUT2D eigenvalue weighted by Crippen LogP contribution is -2.42. The highest BCUT2D eigenvalue weighted by Crippen LogP contribution is 2.43. The number of thiophene rings is 1. The van der Waals surface area contributed by atoms with Crippen LogP contribution in [-0.4, -0.2) is 87.0 Å². The number of hydrogen-bond acceptors (Lipinski definition) is 9. The molecule has 49 heavy (non-hydrogen) atoms. The van der Waals surface area contributed by atoms with Gasteiger partial charge in [-0.15, -0.1) is 11.3 Å². The first kappa shape index (κ1) is 32.3. The molecular weight excluding hydrogens is 648 g/mol. The van der Waals surface area contributed by atoms with Crippen LogP contribution in [0.25, 0.3) is 5.57 Å². The van der Waals surface area contributed by atoms with Crippen LogP contribution in [0.5, 0.6) is 23.0 Å². The van der Waals surface area contributed by atoms with Gasteiger partial charge in [-0.3, -0.25) is 19.2 Å². The molecule has 0 bridgehead atoms. The smallest absolute Gasteiger partial charge is 0.260 e. The maximum absolute atomic E-state index is 13.8. The molecule has 1 aromatic heterocycles. The second kappa shape index (κ2) is 12.6. The maximum Gasteiger partial charge on any atom is 0.260 e. The molecule has 0 radical (unpaired) electrons. The van der Waals surface area contributed by atoms with Gasteiger partial charge in [-0.05, 0) is 42.5 Å². The lowest BCUT2D eigenvalue weighted by molar-refractivity contribution is -0.122. The van der Waals surface area contributed by atoms with Crippen LogP contribution in [0.4, 0.5) is 11.4 Å². The fourth-order valence-electron chi connectivity index (χ4n) is 6.77. The number of amides is 4. The molecule has 3 aromatic rings. The van der Waals surface area contributed by atoms with Crippen LogP contribution in [-0.2, 0) is 9.59 Å². The summed E-state index contributed by atoms with van der Waals surface area (Å²) in [5, 5.41) is 1.97. The average Bonchev–Trinajstić information content (AvgIpc) is 3.87. The van der Waals surface area contributed by atoms with E-state index >= 15 is 0 Å². The molecule has 5 heterocycles. The van der Waals surface area contributed by atoms with Gasteiger partial charge in [0.15, 0.2) is 23.0 Å². The van der Waals surface area contributed by atoms with Gasteiger partial charge in [0.25, 0.3) is 11.8 Å². The normalized spacial score (nSPS) is 19.9. The molecule has 2 atom stereocenters. The van der Waals surface area contributed by atoms with Crippen LogP contribution in [0, 0.1) is 0 Å². The average molecular weight is 685 g/mol. The van der Waals surface area contributed by atoms with Crippen LogP contribution < -0.4 is 28.7 Å². The molecule has 13 heteroatoms. The van der Waals surface area contributed by atoms with E-state index in [0.717, 1.165) is 16.0 Å². The topological polar surface area (TPSA) is 118 Å². The van der Waals surface area contributed by atoms with E-state index in [1.807, 2.05) is 24.4 Å². The number of benzene rings is 2. The third-order valence-electron chi connectivity index (χ3n) is 9.34. The van der Waals surface area contributed by atoms with E-state index in [1.165, 1.54) is 33.8 Å². The van der Waals surface area contributed by atoms with Crippen molar-refractivity contribution in [3.05, 3.63) is 75.8 Å². The van der Waals surface area contributed by atoms with E-state index in [1.54, 1.807) is 62.1 Å². The minimum atomic E-state index is -0.631. The quantitative estimate of drug-likeness (QED) is 0.291. The zero-order valence-corrected chi connectivity index (χ0v) is 28.7. The summed E-state index contributed by atoms with van der Waals surface area (Å²) in [5.74, 6) is 0.606. The minimum absolute atomic E-state index is 0.173. The molecule has 4 amide bonds. The molecule has 0 saturated heterocycles. The maximum atomic E-state index is 13.8. The van der Waals surface area contributed by atoms with Crippen molar-refractivity contribution in [2.45, 2.75) is 38.3 Å². The Kier molecular flexibility index (Phi) is 8.31. The van der Waals surface area contributed by atoms with Gasteiger partial charge in [-0.25, -0.2) is 0 Å².